The van der Waals surface area contributed by atoms with Crippen LogP contribution in [-0.4, -0.2) is 25.5 Å². The van der Waals surface area contributed by atoms with Crippen molar-refractivity contribution in [2.24, 2.45) is 5.92 Å². The van der Waals surface area contributed by atoms with Gasteiger partial charge in [-0.25, -0.2) is 6.67 Å². The molecule has 0 bridgehead atoms. The maximum absolute atomic E-state index is 3.91. The number of nitrogens with zero attached hydrogens (tertiary/aromatic N) is 1. The first-order valence-electron chi connectivity index (χ1n) is 4.11. The zero-order valence-corrected chi connectivity index (χ0v) is 12.1. The standard InChI is InChI=1S/C9H17N2.U/c1-8-6-9(8)4-5-10-7-11(2)3;/h7,9-10H,1,4-6H2,2-3H3;/q-1;+2. The summed E-state index contributed by atoms with van der Waals surface area (Å²) in [7, 11) is 4.03. The molecule has 1 rings (SSSR count). The molecule has 1 aliphatic rings. The van der Waals surface area contributed by atoms with Crippen LogP contribution in [0.15, 0.2) is 12.2 Å². The minimum Gasteiger partial charge on any atom is -0.456 e. The van der Waals surface area contributed by atoms with Gasteiger partial charge in [0.1, 0.15) is 0 Å². The first-order valence-corrected chi connectivity index (χ1v) is 4.11. The third kappa shape index (κ3) is 5.37. The smallest absolute Gasteiger partial charge is 0.456 e. The Balaban J connectivity index is 0.00000121. The van der Waals surface area contributed by atoms with Crippen molar-refractivity contribution in [3.05, 3.63) is 18.8 Å². The monoisotopic (exact) mass is 391 g/mol. The first kappa shape index (κ1) is 12.7. The number of hydrogen-bond donors (Lipinski definition) is 1. The molecule has 0 saturated heterocycles. The number of hydrogen-bond acceptors (Lipinski definition) is 2. The second-order valence-corrected chi connectivity index (χ2v) is 3.39. The maximum atomic E-state index is 3.91. The molecule has 0 aromatic rings. The normalized spacial score (nSPS) is 20.9. The summed E-state index contributed by atoms with van der Waals surface area (Å²) in [5.41, 5.74) is 1.43. The van der Waals surface area contributed by atoms with Gasteiger partial charge in [-0.05, 0) is 39.4 Å². The Labute approximate surface area is 99.2 Å². The molecule has 0 aliphatic heterocycles. The van der Waals surface area contributed by atoms with Crippen LogP contribution in [-0.2, 0) is 0 Å². The quantitative estimate of drug-likeness (QED) is 0.431. The largest absolute Gasteiger partial charge is 2.00 e. The summed E-state index contributed by atoms with van der Waals surface area (Å²) in [6.07, 6.45) is 2.49. The van der Waals surface area contributed by atoms with Crippen molar-refractivity contribution in [2.45, 2.75) is 12.8 Å². The van der Waals surface area contributed by atoms with Gasteiger partial charge in [0, 0.05) is 0 Å². The summed E-state index contributed by atoms with van der Waals surface area (Å²) in [6, 6.07) is 0. The molecule has 66 valence electrons. The van der Waals surface area contributed by atoms with Gasteiger partial charge in [-0.1, -0.05) is 12.2 Å². The number of nitrogens with one attached hydrogen (secondary N) is 1. The molecule has 1 atom stereocenters. The van der Waals surface area contributed by atoms with E-state index < -0.39 is 0 Å². The number of allylic oxidation sites excluding steroid dienone is 1. The summed E-state index contributed by atoms with van der Waals surface area (Å²) in [4.78, 5) is 2.02. The van der Waals surface area contributed by atoms with Gasteiger partial charge in [-0.2, -0.15) is 0 Å². The number of rotatable bonds is 5. The van der Waals surface area contributed by atoms with Crippen LogP contribution in [0.5, 0.6) is 0 Å². The molecule has 3 heteroatoms. The second kappa shape index (κ2) is 6.21. The minimum atomic E-state index is 0. The van der Waals surface area contributed by atoms with E-state index in [1.54, 1.807) is 0 Å². The molecule has 0 heterocycles. The Kier molecular flexibility index (Phi) is 6.58. The fraction of sp³-hybridized carbons (Fsp3) is 0.667. The Morgan fingerprint density at radius 3 is 2.67 bits per heavy atom. The van der Waals surface area contributed by atoms with Crippen LogP contribution in [0.4, 0.5) is 0 Å². The fourth-order valence-corrected chi connectivity index (χ4v) is 1.07. The molecule has 0 radical (unpaired) electrons. The summed E-state index contributed by atoms with van der Waals surface area (Å²) < 4.78 is 0. The Hall–Kier alpha value is 0.712. The van der Waals surface area contributed by atoms with E-state index in [0.29, 0.717) is 0 Å². The van der Waals surface area contributed by atoms with E-state index in [0.717, 1.165) is 12.5 Å². The third-order valence-corrected chi connectivity index (χ3v) is 1.91. The molecule has 1 saturated carbocycles. The van der Waals surface area contributed by atoms with Crippen LogP contribution >= 0.6 is 0 Å². The summed E-state index contributed by atoms with van der Waals surface area (Å²) in [5, 5.41) is 3.24. The molecular formula is C9H17N2U+. The molecule has 2 nitrogen and oxygen atoms in total. The molecule has 12 heavy (non-hydrogen) atoms. The van der Waals surface area contributed by atoms with E-state index in [1.165, 1.54) is 18.4 Å². The van der Waals surface area contributed by atoms with Crippen molar-refractivity contribution in [3.8, 4) is 0 Å². The zero-order chi connectivity index (χ0) is 8.27. The molecule has 1 fully saturated rings. The molecule has 1 unspecified atom stereocenters. The average molecular weight is 391 g/mol. The van der Waals surface area contributed by atoms with Crippen LogP contribution < -0.4 is 5.32 Å². The van der Waals surface area contributed by atoms with Gasteiger partial charge in [-0.15, -0.1) is 0 Å². The van der Waals surface area contributed by atoms with Gasteiger partial charge in [0.15, 0.2) is 0 Å². The van der Waals surface area contributed by atoms with Crippen LogP contribution in [0.25, 0.3) is 0 Å². The van der Waals surface area contributed by atoms with Crippen molar-refractivity contribution in [2.75, 3.05) is 20.6 Å². The van der Waals surface area contributed by atoms with Gasteiger partial charge in [0.2, 0.25) is 0 Å². The molecule has 0 aromatic carbocycles. The minimum absolute atomic E-state index is 0. The molecule has 0 aromatic heterocycles. The first-order chi connectivity index (χ1) is 5.20. The molecule has 0 amide bonds. The fourth-order valence-electron chi connectivity index (χ4n) is 1.07. The van der Waals surface area contributed by atoms with Gasteiger partial charge >= 0.3 is 31.1 Å². The van der Waals surface area contributed by atoms with Crippen molar-refractivity contribution in [1.82, 2.24) is 10.2 Å². The van der Waals surface area contributed by atoms with Crippen molar-refractivity contribution in [3.63, 3.8) is 0 Å². The van der Waals surface area contributed by atoms with E-state index in [2.05, 4.69) is 11.9 Å². The van der Waals surface area contributed by atoms with Crippen molar-refractivity contribution < 1.29 is 31.1 Å². The summed E-state index contributed by atoms with van der Waals surface area (Å²) in [6.45, 7) is 6.98. The van der Waals surface area contributed by atoms with Gasteiger partial charge < -0.3 is 10.2 Å². The van der Waals surface area contributed by atoms with Crippen LogP contribution in [0.1, 0.15) is 12.8 Å². The Morgan fingerprint density at radius 2 is 2.25 bits per heavy atom. The van der Waals surface area contributed by atoms with Crippen LogP contribution in [0, 0.1) is 43.7 Å². The molecule has 1 N–H and O–H groups in total. The predicted octanol–water partition coefficient (Wildman–Crippen LogP) is 1.22. The van der Waals surface area contributed by atoms with Crippen molar-refractivity contribution >= 4 is 0 Å². The molecular weight excluding hydrogens is 374 g/mol. The Morgan fingerprint density at radius 1 is 1.67 bits per heavy atom. The molecule has 0 spiro atoms. The Bertz CT molecular complexity index is 145. The van der Waals surface area contributed by atoms with E-state index in [-0.39, 0.29) is 31.1 Å². The molecule has 1 aliphatic carbocycles. The third-order valence-electron chi connectivity index (χ3n) is 1.91. The summed E-state index contributed by atoms with van der Waals surface area (Å²) in [5.74, 6) is 0.818. The second-order valence-electron chi connectivity index (χ2n) is 3.39. The zero-order valence-electron chi connectivity index (χ0n) is 7.93. The van der Waals surface area contributed by atoms with Crippen LogP contribution in [0.3, 0.4) is 0 Å². The van der Waals surface area contributed by atoms with E-state index in [1.807, 2.05) is 25.7 Å². The van der Waals surface area contributed by atoms with Gasteiger partial charge in [0.05, 0.1) is 0 Å². The topological polar surface area (TPSA) is 15.3 Å². The SMILES string of the molecule is C=C1CC1CCN[CH-]N(C)C.[U+2]. The maximum Gasteiger partial charge on any atom is 2.00 e. The van der Waals surface area contributed by atoms with Gasteiger partial charge in [-0.3, -0.25) is 0 Å². The van der Waals surface area contributed by atoms with E-state index in [4.69, 9.17) is 0 Å². The summed E-state index contributed by atoms with van der Waals surface area (Å²) >= 11 is 0. The van der Waals surface area contributed by atoms with E-state index >= 15 is 0 Å². The van der Waals surface area contributed by atoms with Crippen molar-refractivity contribution in [1.29, 1.82) is 0 Å². The van der Waals surface area contributed by atoms with E-state index in [9.17, 15) is 0 Å². The van der Waals surface area contributed by atoms with Gasteiger partial charge in [0.25, 0.3) is 0 Å². The average Bonchev–Trinajstić information content (AvgIpc) is 2.59. The predicted molar refractivity (Wildman–Crippen MR) is 47.9 cm³/mol. The van der Waals surface area contributed by atoms with Crippen LogP contribution in [0.2, 0.25) is 0 Å².